The predicted molar refractivity (Wildman–Crippen MR) is 82.0 cm³/mol. The molecule has 0 N–H and O–H groups in total. The number of ether oxygens (including phenoxy) is 2. The number of rotatable bonds is 9. The van der Waals surface area contributed by atoms with Crippen molar-refractivity contribution in [1.82, 2.24) is 0 Å². The molecule has 0 spiro atoms. The summed E-state index contributed by atoms with van der Waals surface area (Å²) in [5.41, 5.74) is -0.604. The molecule has 0 aromatic heterocycles. The lowest BCUT2D eigenvalue weighted by molar-refractivity contribution is -0.00436. The summed E-state index contributed by atoms with van der Waals surface area (Å²) in [6.45, 7) is 16.0. The lowest BCUT2D eigenvalue weighted by atomic mass is 10.2. The number of carbonyl (C=O) groups excluding carboxylic acids is 1. The minimum Gasteiger partial charge on any atom is -0.430 e. The van der Waals surface area contributed by atoms with Crippen LogP contribution in [0.2, 0.25) is 0 Å². The second kappa shape index (κ2) is 9.19. The third kappa shape index (κ3) is 7.61. The van der Waals surface area contributed by atoms with Gasteiger partial charge in [0.2, 0.25) is 0 Å². The molecule has 0 amide bonds. The van der Waals surface area contributed by atoms with Crippen molar-refractivity contribution >= 4 is 15.0 Å². The second-order valence-electron chi connectivity index (χ2n) is 5.21. The van der Waals surface area contributed by atoms with Crippen LogP contribution < -0.4 is 0 Å². The van der Waals surface area contributed by atoms with Gasteiger partial charge in [0.05, 0.1) is 0 Å². The zero-order valence-corrected chi connectivity index (χ0v) is 15.0. The molecular formula is C14H28O6Si. The van der Waals surface area contributed by atoms with Gasteiger partial charge in [0, 0.05) is 25.0 Å². The molecule has 0 aliphatic heterocycles. The maximum atomic E-state index is 11.6. The highest BCUT2D eigenvalue weighted by atomic mass is 28.4. The Bertz CT molecular complexity index is 320. The lowest BCUT2D eigenvalue weighted by Gasteiger charge is -2.29. The summed E-state index contributed by atoms with van der Waals surface area (Å²) in [5.74, 6) is 0. The van der Waals surface area contributed by atoms with Gasteiger partial charge in [-0.05, 0) is 41.5 Å². The van der Waals surface area contributed by atoms with Crippen LogP contribution in [-0.4, -0.2) is 47.0 Å². The molecule has 0 atom stereocenters. The quantitative estimate of drug-likeness (QED) is 0.480. The normalized spacial score (nSPS) is 12.1. The van der Waals surface area contributed by atoms with Crippen LogP contribution >= 0.6 is 0 Å². The van der Waals surface area contributed by atoms with E-state index in [0.29, 0.717) is 25.0 Å². The molecule has 0 radical (unpaired) electrons. The molecule has 7 heteroatoms. The van der Waals surface area contributed by atoms with Crippen molar-refractivity contribution in [3.8, 4) is 0 Å². The molecule has 0 saturated carbocycles. The molecular weight excluding hydrogens is 292 g/mol. The highest BCUT2D eigenvalue weighted by molar-refractivity contribution is 6.68. The maximum absolute atomic E-state index is 11.6. The first kappa shape index (κ1) is 20.1. The van der Waals surface area contributed by atoms with E-state index in [1.165, 1.54) is 0 Å². The molecule has 6 nitrogen and oxygen atoms in total. The molecule has 0 heterocycles. The zero-order valence-electron chi connectivity index (χ0n) is 14.0. The summed E-state index contributed by atoms with van der Waals surface area (Å²) >= 11 is 0. The maximum Gasteiger partial charge on any atom is 0.535 e. The Morgan fingerprint density at radius 3 is 1.76 bits per heavy atom. The molecule has 124 valence electrons. The molecule has 0 aromatic rings. The molecule has 0 aromatic carbocycles. The summed E-state index contributed by atoms with van der Waals surface area (Å²) in [4.78, 5) is 11.6. The van der Waals surface area contributed by atoms with Crippen LogP contribution in [-0.2, 0) is 22.8 Å². The van der Waals surface area contributed by atoms with Gasteiger partial charge in [0.1, 0.15) is 12.2 Å². The fourth-order valence-corrected chi connectivity index (χ4v) is 3.77. The average molecular weight is 320 g/mol. The second-order valence-corrected chi connectivity index (χ2v) is 7.90. The Hall–Kier alpha value is -0.893. The molecule has 0 saturated heterocycles. The van der Waals surface area contributed by atoms with Crippen molar-refractivity contribution in [1.29, 1.82) is 0 Å². The number of hydrogen-bond donors (Lipinski definition) is 0. The van der Waals surface area contributed by atoms with Crippen LogP contribution in [0, 0.1) is 0 Å². The van der Waals surface area contributed by atoms with Crippen molar-refractivity contribution in [3.63, 3.8) is 0 Å². The van der Waals surface area contributed by atoms with E-state index < -0.39 is 20.6 Å². The van der Waals surface area contributed by atoms with Gasteiger partial charge in [-0.1, -0.05) is 6.58 Å². The van der Waals surface area contributed by atoms with Gasteiger partial charge in [-0.2, -0.15) is 0 Å². The standard InChI is InChI=1S/C14H28O6Si/c1-8-17-21(18-9-2,19-10-3)12(4)11-16-13(15)20-14(5,6)7/h4,8-11H2,1-3,5-7H3. The van der Waals surface area contributed by atoms with Gasteiger partial charge in [0.25, 0.3) is 0 Å². The Morgan fingerprint density at radius 2 is 1.43 bits per heavy atom. The molecule has 0 bridgehead atoms. The van der Waals surface area contributed by atoms with Gasteiger partial charge < -0.3 is 22.8 Å². The summed E-state index contributed by atoms with van der Waals surface area (Å²) in [5, 5.41) is 0.499. The average Bonchev–Trinajstić information content (AvgIpc) is 2.34. The third-order valence-electron chi connectivity index (χ3n) is 2.19. The smallest absolute Gasteiger partial charge is 0.430 e. The summed E-state index contributed by atoms with van der Waals surface area (Å²) in [6, 6.07) is 0. The van der Waals surface area contributed by atoms with Gasteiger partial charge in [-0.25, -0.2) is 4.79 Å². The number of hydrogen-bond acceptors (Lipinski definition) is 6. The van der Waals surface area contributed by atoms with E-state index in [0.717, 1.165) is 0 Å². The summed E-state index contributed by atoms with van der Waals surface area (Å²) in [7, 11) is -3.05. The predicted octanol–water partition coefficient (Wildman–Crippen LogP) is 3.08. The fourth-order valence-electron chi connectivity index (χ4n) is 1.52. The first-order chi connectivity index (χ1) is 9.70. The van der Waals surface area contributed by atoms with Crippen LogP contribution in [0.5, 0.6) is 0 Å². The van der Waals surface area contributed by atoms with E-state index in [9.17, 15) is 4.79 Å². The van der Waals surface area contributed by atoms with Crippen LogP contribution in [0.1, 0.15) is 41.5 Å². The topological polar surface area (TPSA) is 63.2 Å². The Balaban J connectivity index is 4.70. The van der Waals surface area contributed by atoms with Crippen LogP contribution in [0.15, 0.2) is 11.8 Å². The largest absolute Gasteiger partial charge is 0.535 e. The minimum absolute atomic E-state index is 0.0544. The third-order valence-corrected chi connectivity index (χ3v) is 5.21. The molecule has 21 heavy (non-hydrogen) atoms. The highest BCUT2D eigenvalue weighted by Crippen LogP contribution is 2.20. The highest BCUT2D eigenvalue weighted by Gasteiger charge is 2.44. The van der Waals surface area contributed by atoms with Crippen LogP contribution in [0.3, 0.4) is 0 Å². The molecule has 0 fully saturated rings. The monoisotopic (exact) mass is 320 g/mol. The van der Waals surface area contributed by atoms with Gasteiger partial charge in [0.15, 0.2) is 0 Å². The minimum atomic E-state index is -3.05. The Morgan fingerprint density at radius 1 is 1.00 bits per heavy atom. The summed E-state index contributed by atoms with van der Waals surface area (Å²) < 4.78 is 27.1. The molecule has 0 aliphatic rings. The first-order valence-corrected chi connectivity index (χ1v) is 8.89. The van der Waals surface area contributed by atoms with E-state index in [1.807, 2.05) is 20.8 Å². The van der Waals surface area contributed by atoms with Gasteiger partial charge in [-0.3, -0.25) is 0 Å². The Labute approximate surface area is 128 Å². The van der Waals surface area contributed by atoms with E-state index in [4.69, 9.17) is 22.8 Å². The first-order valence-electron chi connectivity index (χ1n) is 7.16. The van der Waals surface area contributed by atoms with Crippen molar-refractivity contribution in [2.45, 2.75) is 47.1 Å². The molecule has 0 aliphatic carbocycles. The Kier molecular flexibility index (Phi) is 8.80. The van der Waals surface area contributed by atoms with Crippen LogP contribution in [0.4, 0.5) is 4.79 Å². The van der Waals surface area contributed by atoms with Crippen molar-refractivity contribution in [2.75, 3.05) is 26.4 Å². The number of carbonyl (C=O) groups is 1. The van der Waals surface area contributed by atoms with Crippen molar-refractivity contribution in [2.24, 2.45) is 0 Å². The van der Waals surface area contributed by atoms with Gasteiger partial charge in [-0.15, -0.1) is 0 Å². The van der Waals surface area contributed by atoms with Crippen molar-refractivity contribution in [3.05, 3.63) is 11.8 Å². The van der Waals surface area contributed by atoms with E-state index in [-0.39, 0.29) is 6.61 Å². The molecule has 0 unspecified atom stereocenters. The molecule has 0 rings (SSSR count). The zero-order chi connectivity index (χ0) is 16.5. The van der Waals surface area contributed by atoms with Crippen molar-refractivity contribution < 1.29 is 27.5 Å². The lowest BCUT2D eigenvalue weighted by Crippen LogP contribution is -2.49. The SMILES string of the molecule is C=C(COC(=O)OC(C)(C)C)[Si](OCC)(OCC)OCC. The van der Waals surface area contributed by atoms with E-state index in [1.54, 1.807) is 20.8 Å². The fraction of sp³-hybridized carbons (Fsp3) is 0.786. The van der Waals surface area contributed by atoms with Crippen LogP contribution in [0.25, 0.3) is 0 Å². The van der Waals surface area contributed by atoms with E-state index >= 15 is 0 Å². The van der Waals surface area contributed by atoms with E-state index in [2.05, 4.69) is 6.58 Å². The summed E-state index contributed by atoms with van der Waals surface area (Å²) in [6.07, 6.45) is -0.754. The van der Waals surface area contributed by atoms with Gasteiger partial charge >= 0.3 is 15.0 Å².